The van der Waals surface area contributed by atoms with Gasteiger partial charge >= 0.3 is 0 Å². The highest BCUT2D eigenvalue weighted by molar-refractivity contribution is 7.20. The van der Waals surface area contributed by atoms with Gasteiger partial charge in [-0.25, -0.2) is 4.98 Å². The molecule has 4 aromatic rings. The summed E-state index contributed by atoms with van der Waals surface area (Å²) in [7, 11) is 0. The van der Waals surface area contributed by atoms with Crippen LogP contribution in [0.15, 0.2) is 41.2 Å². The predicted octanol–water partition coefficient (Wildman–Crippen LogP) is 2.84. The van der Waals surface area contributed by atoms with Crippen LogP contribution in [-0.4, -0.2) is 24.8 Å². The summed E-state index contributed by atoms with van der Waals surface area (Å²) in [5.41, 5.74) is 1.67. The first-order valence-electron chi connectivity index (χ1n) is 7.74. The Morgan fingerprint density at radius 3 is 2.80 bits per heavy atom. The molecule has 0 atom stereocenters. The van der Waals surface area contributed by atoms with Crippen LogP contribution < -0.4 is 10.9 Å². The summed E-state index contributed by atoms with van der Waals surface area (Å²) in [6.07, 6.45) is 0.722. The van der Waals surface area contributed by atoms with Gasteiger partial charge in [-0.15, -0.1) is 15.3 Å². The van der Waals surface area contributed by atoms with Gasteiger partial charge in [-0.3, -0.25) is 4.79 Å². The molecular weight excluding hydrogens is 356 g/mol. The molecule has 3 aromatic heterocycles. The van der Waals surface area contributed by atoms with E-state index in [1.54, 1.807) is 0 Å². The quantitative estimate of drug-likeness (QED) is 0.581. The number of hydrogen-bond acceptors (Lipinski definition) is 8. The topological polar surface area (TPSA) is 85.1 Å². The van der Waals surface area contributed by atoms with E-state index in [0.29, 0.717) is 16.6 Å². The number of nitrogens with zero attached hydrogens (tertiary/aromatic N) is 5. The maximum absolute atomic E-state index is 12.0. The van der Waals surface area contributed by atoms with Crippen molar-refractivity contribution >= 4 is 32.8 Å². The Labute approximate surface area is 151 Å². The molecule has 0 aliphatic carbocycles. The normalized spacial score (nSPS) is 11.1. The average Bonchev–Trinajstić information content (AvgIpc) is 3.27. The molecule has 0 saturated carbocycles. The molecule has 0 fully saturated rings. The summed E-state index contributed by atoms with van der Waals surface area (Å²) in [6, 6.07) is 11.5. The first kappa shape index (κ1) is 15.9. The molecule has 0 aliphatic heterocycles. The van der Waals surface area contributed by atoms with Crippen LogP contribution >= 0.6 is 22.7 Å². The van der Waals surface area contributed by atoms with Gasteiger partial charge in [-0.1, -0.05) is 59.9 Å². The Kier molecular flexibility index (Phi) is 4.24. The molecule has 126 valence electrons. The van der Waals surface area contributed by atoms with E-state index >= 15 is 0 Å². The molecule has 0 radical (unpaired) electrons. The minimum atomic E-state index is -0.159. The van der Waals surface area contributed by atoms with Crippen molar-refractivity contribution in [2.24, 2.45) is 0 Å². The standard InChI is InChI=1S/C16H14N6OS2/c1-2-11-8-13(23)22-16(18-11)25-15(21-22)17-9-12-19-20-14(24-12)10-6-4-3-5-7-10/h3-8H,2,9H2,1H3,(H,17,21). The number of nitrogens with one attached hydrogen (secondary N) is 1. The molecule has 0 amide bonds. The molecule has 0 aliphatic rings. The van der Waals surface area contributed by atoms with Crippen molar-refractivity contribution in [3.05, 3.63) is 57.5 Å². The zero-order valence-electron chi connectivity index (χ0n) is 13.3. The highest BCUT2D eigenvalue weighted by Crippen LogP contribution is 2.24. The minimum absolute atomic E-state index is 0.159. The highest BCUT2D eigenvalue weighted by atomic mass is 32.1. The monoisotopic (exact) mass is 370 g/mol. The fraction of sp³-hybridized carbons (Fsp3) is 0.188. The van der Waals surface area contributed by atoms with E-state index in [1.807, 2.05) is 37.3 Å². The molecule has 9 heteroatoms. The van der Waals surface area contributed by atoms with Crippen LogP contribution in [0.2, 0.25) is 0 Å². The van der Waals surface area contributed by atoms with Crippen molar-refractivity contribution in [2.75, 3.05) is 5.32 Å². The number of aromatic nitrogens is 5. The van der Waals surface area contributed by atoms with E-state index in [9.17, 15) is 4.79 Å². The summed E-state index contributed by atoms with van der Waals surface area (Å²) >= 11 is 2.88. The summed E-state index contributed by atoms with van der Waals surface area (Å²) in [6.45, 7) is 2.47. The van der Waals surface area contributed by atoms with Gasteiger partial charge < -0.3 is 5.32 Å². The van der Waals surface area contributed by atoms with Gasteiger partial charge in [0, 0.05) is 17.3 Å². The van der Waals surface area contributed by atoms with E-state index in [-0.39, 0.29) is 5.56 Å². The fourth-order valence-corrected chi connectivity index (χ4v) is 3.89. The van der Waals surface area contributed by atoms with Crippen molar-refractivity contribution in [3.8, 4) is 10.6 Å². The van der Waals surface area contributed by atoms with E-state index in [1.165, 1.54) is 33.3 Å². The summed E-state index contributed by atoms with van der Waals surface area (Å²) in [5, 5.41) is 18.3. The van der Waals surface area contributed by atoms with Crippen LogP contribution in [0, 0.1) is 0 Å². The molecule has 0 unspecified atom stereocenters. The molecular formula is C16H14N6OS2. The molecule has 0 spiro atoms. The fourth-order valence-electron chi connectivity index (χ4n) is 2.28. The maximum atomic E-state index is 12.0. The predicted molar refractivity (Wildman–Crippen MR) is 99.2 cm³/mol. The lowest BCUT2D eigenvalue weighted by molar-refractivity contribution is 0.872. The number of anilines is 1. The Bertz CT molecular complexity index is 1070. The molecule has 4 rings (SSSR count). The second kappa shape index (κ2) is 6.69. The number of aryl methyl sites for hydroxylation is 1. The molecule has 1 N–H and O–H groups in total. The summed E-state index contributed by atoms with van der Waals surface area (Å²) < 4.78 is 1.32. The van der Waals surface area contributed by atoms with Crippen molar-refractivity contribution in [1.82, 2.24) is 24.8 Å². The van der Waals surface area contributed by atoms with Crippen LogP contribution in [-0.2, 0) is 13.0 Å². The highest BCUT2D eigenvalue weighted by Gasteiger charge is 2.10. The van der Waals surface area contributed by atoms with Crippen LogP contribution in [0.3, 0.4) is 0 Å². The van der Waals surface area contributed by atoms with Gasteiger partial charge in [-0.05, 0) is 6.42 Å². The second-order valence-corrected chi connectivity index (χ2v) is 7.28. The van der Waals surface area contributed by atoms with Crippen molar-refractivity contribution in [2.45, 2.75) is 19.9 Å². The maximum Gasteiger partial charge on any atom is 0.275 e. The van der Waals surface area contributed by atoms with Crippen molar-refractivity contribution < 1.29 is 0 Å². The first-order chi connectivity index (χ1) is 12.2. The summed E-state index contributed by atoms with van der Waals surface area (Å²) in [5.74, 6) is 0. The van der Waals surface area contributed by atoms with Gasteiger partial charge in [0.05, 0.1) is 6.54 Å². The number of rotatable bonds is 5. The van der Waals surface area contributed by atoms with Crippen LogP contribution in [0.4, 0.5) is 5.13 Å². The minimum Gasteiger partial charge on any atom is -0.353 e. The van der Waals surface area contributed by atoms with E-state index in [0.717, 1.165) is 27.7 Å². The van der Waals surface area contributed by atoms with Gasteiger partial charge in [-0.2, -0.15) is 4.52 Å². The van der Waals surface area contributed by atoms with Gasteiger partial charge in [0.15, 0.2) is 0 Å². The lowest BCUT2D eigenvalue weighted by Gasteiger charge is -1.96. The average molecular weight is 370 g/mol. The number of benzene rings is 1. The molecule has 1 aromatic carbocycles. The van der Waals surface area contributed by atoms with E-state index < -0.39 is 0 Å². The Morgan fingerprint density at radius 1 is 1.16 bits per heavy atom. The molecule has 0 saturated heterocycles. The summed E-state index contributed by atoms with van der Waals surface area (Å²) in [4.78, 5) is 17.0. The third-order valence-corrected chi connectivity index (χ3v) is 5.38. The third-order valence-electron chi connectivity index (χ3n) is 3.54. The van der Waals surface area contributed by atoms with Crippen LogP contribution in [0.25, 0.3) is 15.5 Å². The molecule has 25 heavy (non-hydrogen) atoms. The molecule has 0 bridgehead atoms. The number of fused-ring (bicyclic) bond motifs is 1. The lowest BCUT2D eigenvalue weighted by atomic mass is 10.2. The smallest absolute Gasteiger partial charge is 0.275 e. The second-order valence-electron chi connectivity index (χ2n) is 5.26. The van der Waals surface area contributed by atoms with E-state index in [4.69, 9.17) is 0 Å². The van der Waals surface area contributed by atoms with Crippen molar-refractivity contribution in [3.63, 3.8) is 0 Å². The Morgan fingerprint density at radius 2 is 2.00 bits per heavy atom. The zero-order valence-corrected chi connectivity index (χ0v) is 15.0. The van der Waals surface area contributed by atoms with E-state index in [2.05, 4.69) is 25.6 Å². The zero-order chi connectivity index (χ0) is 17.2. The first-order valence-corrected chi connectivity index (χ1v) is 9.37. The largest absolute Gasteiger partial charge is 0.353 e. The van der Waals surface area contributed by atoms with Crippen LogP contribution in [0.5, 0.6) is 0 Å². The van der Waals surface area contributed by atoms with Crippen molar-refractivity contribution in [1.29, 1.82) is 0 Å². The Hall–Kier alpha value is -2.65. The number of hydrogen-bond donors (Lipinski definition) is 1. The molecule has 7 nitrogen and oxygen atoms in total. The van der Waals surface area contributed by atoms with Gasteiger partial charge in [0.1, 0.15) is 10.0 Å². The molecule has 3 heterocycles. The SMILES string of the molecule is CCc1cc(=O)n2nc(NCc3nnc(-c4ccccc4)s3)sc2n1. The lowest BCUT2D eigenvalue weighted by Crippen LogP contribution is -2.15. The van der Waals surface area contributed by atoms with Gasteiger partial charge in [0.2, 0.25) is 10.1 Å². The Balaban J connectivity index is 1.52. The van der Waals surface area contributed by atoms with Crippen LogP contribution in [0.1, 0.15) is 17.6 Å². The van der Waals surface area contributed by atoms with Gasteiger partial charge in [0.25, 0.3) is 5.56 Å². The third kappa shape index (κ3) is 3.28.